The van der Waals surface area contributed by atoms with Gasteiger partial charge in [0, 0.05) is 39.1 Å². The van der Waals surface area contributed by atoms with Crippen molar-refractivity contribution in [3.63, 3.8) is 0 Å². The van der Waals surface area contributed by atoms with Crippen molar-refractivity contribution in [3.8, 4) is 0 Å². The number of unbranched alkanes of at least 4 members (excludes halogenated alkanes) is 1. The number of aryl methyl sites for hydroxylation is 1. The second-order valence-corrected chi connectivity index (χ2v) is 7.04. The van der Waals surface area contributed by atoms with E-state index in [1.807, 2.05) is 11.8 Å². The fourth-order valence-electron chi connectivity index (χ4n) is 2.55. The van der Waals surface area contributed by atoms with Crippen molar-refractivity contribution in [1.82, 2.24) is 20.0 Å². The lowest BCUT2D eigenvalue weighted by Crippen LogP contribution is -2.49. The predicted octanol–water partition coefficient (Wildman–Crippen LogP) is 1.62. The Labute approximate surface area is 137 Å². The smallest absolute Gasteiger partial charge is 0.223 e. The minimum absolute atomic E-state index is 0.274. The fraction of sp³-hybridized carbons (Fsp3) is 0.800. The maximum absolute atomic E-state index is 12.3. The molecule has 0 aromatic carbocycles. The molecule has 124 valence electrons. The first-order valence-electron chi connectivity index (χ1n) is 8.11. The van der Waals surface area contributed by atoms with Crippen LogP contribution in [0.1, 0.15) is 31.2 Å². The summed E-state index contributed by atoms with van der Waals surface area (Å²) in [6, 6.07) is 0. The summed E-state index contributed by atoms with van der Waals surface area (Å²) in [5, 5.41) is 10.2. The van der Waals surface area contributed by atoms with Crippen LogP contribution in [-0.4, -0.2) is 72.2 Å². The third-order valence-electron chi connectivity index (χ3n) is 4.02. The molecule has 1 fully saturated rings. The number of anilines is 1. The van der Waals surface area contributed by atoms with Crippen LogP contribution in [0.15, 0.2) is 0 Å². The second kappa shape index (κ2) is 8.43. The van der Waals surface area contributed by atoms with Gasteiger partial charge in [-0.15, -0.1) is 10.2 Å². The van der Waals surface area contributed by atoms with Gasteiger partial charge in [-0.3, -0.25) is 4.79 Å². The lowest BCUT2D eigenvalue weighted by molar-refractivity contribution is -0.131. The van der Waals surface area contributed by atoms with Crippen molar-refractivity contribution in [2.75, 3.05) is 51.2 Å². The molecular weight excluding hydrogens is 298 g/mol. The van der Waals surface area contributed by atoms with Crippen LogP contribution in [0, 0.1) is 6.92 Å². The molecule has 0 spiro atoms. The highest BCUT2D eigenvalue weighted by Crippen LogP contribution is 2.20. The van der Waals surface area contributed by atoms with Crippen molar-refractivity contribution in [2.45, 2.75) is 33.1 Å². The average Bonchev–Trinajstić information content (AvgIpc) is 2.97. The van der Waals surface area contributed by atoms with Crippen LogP contribution in [0.25, 0.3) is 0 Å². The number of piperazine rings is 1. The quantitative estimate of drug-likeness (QED) is 0.762. The van der Waals surface area contributed by atoms with Crippen LogP contribution in [0.5, 0.6) is 0 Å². The summed E-state index contributed by atoms with van der Waals surface area (Å²) in [6.07, 6.45) is 3.02. The zero-order valence-corrected chi connectivity index (χ0v) is 14.7. The summed E-state index contributed by atoms with van der Waals surface area (Å²) in [5.74, 6) is 0.274. The van der Waals surface area contributed by atoms with Crippen LogP contribution in [0.3, 0.4) is 0 Å². The molecule has 0 unspecified atom stereocenters. The van der Waals surface area contributed by atoms with Gasteiger partial charge in [-0.2, -0.15) is 0 Å². The summed E-state index contributed by atoms with van der Waals surface area (Å²) in [5.41, 5.74) is 0. The SMILES string of the molecule is CCCCN(C)CCC(=O)N1CCN(c2nnc(C)s2)CC1. The van der Waals surface area contributed by atoms with Gasteiger partial charge in [0.15, 0.2) is 0 Å². The Balaban J connectivity index is 1.70. The maximum Gasteiger partial charge on any atom is 0.223 e. The van der Waals surface area contributed by atoms with E-state index >= 15 is 0 Å². The fourth-order valence-corrected chi connectivity index (χ4v) is 3.28. The minimum Gasteiger partial charge on any atom is -0.343 e. The van der Waals surface area contributed by atoms with Gasteiger partial charge in [-0.05, 0) is 26.9 Å². The van der Waals surface area contributed by atoms with Crippen LogP contribution >= 0.6 is 11.3 Å². The molecule has 0 saturated carbocycles. The molecule has 1 amide bonds. The van der Waals surface area contributed by atoms with Crippen molar-refractivity contribution in [1.29, 1.82) is 0 Å². The monoisotopic (exact) mass is 325 g/mol. The van der Waals surface area contributed by atoms with Crippen LogP contribution in [-0.2, 0) is 4.79 Å². The number of carbonyl (C=O) groups excluding carboxylic acids is 1. The summed E-state index contributed by atoms with van der Waals surface area (Å²) >= 11 is 1.62. The number of rotatable bonds is 7. The van der Waals surface area contributed by atoms with E-state index in [2.05, 4.69) is 34.0 Å². The van der Waals surface area contributed by atoms with Gasteiger partial charge < -0.3 is 14.7 Å². The van der Waals surface area contributed by atoms with Gasteiger partial charge in [0.2, 0.25) is 11.0 Å². The molecule has 1 saturated heterocycles. The van der Waals surface area contributed by atoms with Gasteiger partial charge in [-0.25, -0.2) is 0 Å². The van der Waals surface area contributed by atoms with Gasteiger partial charge in [-0.1, -0.05) is 24.7 Å². The maximum atomic E-state index is 12.3. The van der Waals surface area contributed by atoms with E-state index < -0.39 is 0 Å². The first-order chi connectivity index (χ1) is 10.6. The Hall–Kier alpha value is -1.21. The number of nitrogens with zero attached hydrogens (tertiary/aromatic N) is 5. The van der Waals surface area contributed by atoms with E-state index in [4.69, 9.17) is 0 Å². The summed E-state index contributed by atoms with van der Waals surface area (Å²) < 4.78 is 0. The van der Waals surface area contributed by atoms with Crippen molar-refractivity contribution in [3.05, 3.63) is 5.01 Å². The predicted molar refractivity (Wildman–Crippen MR) is 90.5 cm³/mol. The highest BCUT2D eigenvalue weighted by atomic mass is 32.1. The van der Waals surface area contributed by atoms with Crippen LogP contribution in [0.2, 0.25) is 0 Å². The Morgan fingerprint density at radius 2 is 1.95 bits per heavy atom. The number of hydrogen-bond donors (Lipinski definition) is 0. The van der Waals surface area contributed by atoms with E-state index in [0.29, 0.717) is 6.42 Å². The normalized spacial score (nSPS) is 15.6. The first-order valence-corrected chi connectivity index (χ1v) is 8.93. The Morgan fingerprint density at radius 3 is 2.55 bits per heavy atom. The lowest BCUT2D eigenvalue weighted by Gasteiger charge is -2.34. The van der Waals surface area contributed by atoms with Gasteiger partial charge in [0.25, 0.3) is 0 Å². The second-order valence-electron chi connectivity index (χ2n) is 5.88. The molecule has 7 heteroatoms. The molecular formula is C15H27N5OS. The van der Waals surface area contributed by atoms with E-state index in [0.717, 1.165) is 49.4 Å². The molecule has 0 aliphatic carbocycles. The molecule has 2 heterocycles. The first kappa shape index (κ1) is 17.1. The molecule has 2 rings (SSSR count). The molecule has 1 aromatic rings. The standard InChI is InChI=1S/C15H27N5OS/c1-4-5-7-18(3)8-6-14(21)19-9-11-20(12-10-19)15-17-16-13(2)22-15/h4-12H2,1-3H3. The van der Waals surface area contributed by atoms with Crippen molar-refractivity contribution >= 4 is 22.4 Å². The van der Waals surface area contributed by atoms with Gasteiger partial charge in [0.05, 0.1) is 0 Å². The van der Waals surface area contributed by atoms with Crippen LogP contribution < -0.4 is 4.90 Å². The highest BCUT2D eigenvalue weighted by molar-refractivity contribution is 7.15. The molecule has 1 aliphatic heterocycles. The van der Waals surface area contributed by atoms with E-state index in [1.54, 1.807) is 11.3 Å². The van der Waals surface area contributed by atoms with Gasteiger partial charge >= 0.3 is 0 Å². The molecule has 1 aliphatic rings. The average molecular weight is 325 g/mol. The Kier molecular flexibility index (Phi) is 6.57. The highest BCUT2D eigenvalue weighted by Gasteiger charge is 2.22. The Morgan fingerprint density at radius 1 is 1.23 bits per heavy atom. The molecule has 0 N–H and O–H groups in total. The molecule has 6 nitrogen and oxygen atoms in total. The van der Waals surface area contributed by atoms with E-state index in [9.17, 15) is 4.79 Å². The summed E-state index contributed by atoms with van der Waals surface area (Å²) in [4.78, 5) is 18.7. The third-order valence-corrected chi connectivity index (χ3v) is 4.92. The molecule has 0 atom stereocenters. The van der Waals surface area contributed by atoms with Crippen LogP contribution in [0.4, 0.5) is 5.13 Å². The molecule has 0 bridgehead atoms. The lowest BCUT2D eigenvalue weighted by atomic mass is 10.2. The summed E-state index contributed by atoms with van der Waals surface area (Å²) in [7, 11) is 2.10. The number of carbonyl (C=O) groups is 1. The zero-order valence-electron chi connectivity index (χ0n) is 13.9. The summed E-state index contributed by atoms with van der Waals surface area (Å²) in [6.45, 7) is 9.38. The Bertz CT molecular complexity index is 470. The van der Waals surface area contributed by atoms with Crippen molar-refractivity contribution in [2.24, 2.45) is 0 Å². The largest absolute Gasteiger partial charge is 0.343 e. The number of hydrogen-bond acceptors (Lipinski definition) is 6. The minimum atomic E-state index is 0.274. The number of amides is 1. The van der Waals surface area contributed by atoms with Crippen molar-refractivity contribution < 1.29 is 4.79 Å². The molecule has 0 radical (unpaired) electrons. The molecule has 22 heavy (non-hydrogen) atoms. The van der Waals surface area contributed by atoms with E-state index in [1.165, 1.54) is 12.8 Å². The number of aromatic nitrogens is 2. The molecule has 1 aromatic heterocycles. The third kappa shape index (κ3) is 4.91. The zero-order chi connectivity index (χ0) is 15.9. The van der Waals surface area contributed by atoms with Gasteiger partial charge in [0.1, 0.15) is 5.01 Å². The topological polar surface area (TPSA) is 52.6 Å². The van der Waals surface area contributed by atoms with E-state index in [-0.39, 0.29) is 5.91 Å².